The summed E-state index contributed by atoms with van der Waals surface area (Å²) in [5.41, 5.74) is 1.51. The maximum Gasteiger partial charge on any atom is 0.318 e. The molecule has 1 aromatic carbocycles. The van der Waals surface area contributed by atoms with Crippen molar-refractivity contribution in [2.75, 3.05) is 6.38 Å². The number of aliphatic imine (C=N–C) groups is 1. The maximum atomic E-state index is 11.2. The Morgan fingerprint density at radius 1 is 1.48 bits per heavy atom. The van der Waals surface area contributed by atoms with Crippen LogP contribution in [0.15, 0.2) is 42.4 Å². The number of alkyl halides is 1. The molecule has 0 spiro atoms. The number of nitrogens with zero attached hydrogens (tertiary/aromatic N) is 4. The standard InChI is InChI=1S/C13H13N4O2.CH3Cl/c1-4-10-5-6-11(17(18)19)13(12(10)14-2)16-8-7-15(3)9-16;1-2/h4-9H,1-2H2,3H3;1H3/q+1;. The van der Waals surface area contributed by atoms with Crippen LogP contribution in [0.25, 0.3) is 11.8 Å². The van der Waals surface area contributed by atoms with Crippen molar-refractivity contribution < 1.29 is 9.49 Å². The van der Waals surface area contributed by atoms with Crippen molar-refractivity contribution in [1.82, 2.24) is 4.57 Å². The van der Waals surface area contributed by atoms with E-state index < -0.39 is 4.92 Å². The first-order valence-corrected chi connectivity index (χ1v) is 6.66. The van der Waals surface area contributed by atoms with Gasteiger partial charge in [0.25, 0.3) is 0 Å². The zero-order valence-electron chi connectivity index (χ0n) is 11.9. The molecule has 0 bridgehead atoms. The van der Waals surface area contributed by atoms with Gasteiger partial charge in [-0.15, -0.1) is 11.6 Å². The van der Waals surface area contributed by atoms with E-state index in [1.807, 2.05) is 7.05 Å². The number of nitro groups is 1. The highest BCUT2D eigenvalue weighted by Crippen LogP contribution is 2.35. The van der Waals surface area contributed by atoms with Gasteiger partial charge in [0.1, 0.15) is 18.1 Å². The number of aryl methyl sites for hydroxylation is 1. The van der Waals surface area contributed by atoms with Crippen LogP contribution in [0, 0.1) is 10.1 Å². The fourth-order valence-electron chi connectivity index (χ4n) is 1.90. The molecule has 0 saturated carbocycles. The molecule has 0 saturated heterocycles. The van der Waals surface area contributed by atoms with Gasteiger partial charge in [-0.25, -0.2) is 4.57 Å². The second-order valence-corrected chi connectivity index (χ2v) is 3.98. The van der Waals surface area contributed by atoms with Crippen LogP contribution >= 0.6 is 11.6 Å². The average Bonchev–Trinajstić information content (AvgIpc) is 2.93. The lowest BCUT2D eigenvalue weighted by molar-refractivity contribution is -0.670. The lowest BCUT2D eigenvalue weighted by Gasteiger charge is -2.05. The van der Waals surface area contributed by atoms with Crippen LogP contribution in [0.2, 0.25) is 0 Å². The summed E-state index contributed by atoms with van der Waals surface area (Å²) in [6.07, 6.45) is 8.31. The summed E-state index contributed by atoms with van der Waals surface area (Å²) in [5, 5.41) is 11.2. The third-order valence-electron chi connectivity index (χ3n) is 2.76. The number of aromatic nitrogens is 2. The highest BCUT2D eigenvalue weighted by Gasteiger charge is 2.25. The molecule has 7 heteroatoms. The van der Waals surface area contributed by atoms with Gasteiger partial charge in [-0.05, 0) is 12.8 Å². The Labute approximate surface area is 127 Å². The van der Waals surface area contributed by atoms with E-state index in [0.717, 1.165) is 0 Å². The number of rotatable bonds is 4. The first-order valence-electron chi connectivity index (χ1n) is 5.90. The lowest BCUT2D eigenvalue weighted by Crippen LogP contribution is -2.23. The molecule has 0 aliphatic rings. The monoisotopic (exact) mass is 307 g/mol. The summed E-state index contributed by atoms with van der Waals surface area (Å²) < 4.78 is 3.44. The molecule has 0 amide bonds. The Balaban J connectivity index is 0.00000106. The van der Waals surface area contributed by atoms with Gasteiger partial charge in [-0.1, -0.05) is 12.7 Å². The molecule has 2 rings (SSSR count). The zero-order chi connectivity index (χ0) is 16.0. The van der Waals surface area contributed by atoms with E-state index in [-0.39, 0.29) is 5.69 Å². The van der Waals surface area contributed by atoms with Crippen molar-refractivity contribution >= 4 is 35.8 Å². The highest BCUT2D eigenvalue weighted by molar-refractivity contribution is 6.15. The third-order valence-corrected chi connectivity index (χ3v) is 2.76. The van der Waals surface area contributed by atoms with E-state index in [2.05, 4.69) is 29.9 Å². The summed E-state index contributed by atoms with van der Waals surface area (Å²) in [6.45, 7) is 7.17. The highest BCUT2D eigenvalue weighted by atomic mass is 35.5. The molecule has 21 heavy (non-hydrogen) atoms. The van der Waals surface area contributed by atoms with E-state index in [9.17, 15) is 10.1 Å². The van der Waals surface area contributed by atoms with E-state index in [1.165, 1.54) is 12.4 Å². The van der Waals surface area contributed by atoms with Crippen molar-refractivity contribution in [2.45, 2.75) is 0 Å². The molecule has 0 unspecified atom stereocenters. The minimum Gasteiger partial charge on any atom is -0.259 e. The predicted octanol–water partition coefficient (Wildman–Crippen LogP) is 3.04. The SMILES string of the molecule is C=Cc1ccc([N+](=O)[O-])c(-n2cc[n+](C)c2)c1N=C.CCl. The third kappa shape index (κ3) is 3.35. The molecule has 110 valence electrons. The Kier molecular flexibility index (Phi) is 5.80. The van der Waals surface area contributed by atoms with Crippen LogP contribution in [-0.4, -0.2) is 22.6 Å². The minimum absolute atomic E-state index is 0.0239. The average molecular weight is 308 g/mol. The topological polar surface area (TPSA) is 64.3 Å². The van der Waals surface area contributed by atoms with Gasteiger partial charge < -0.3 is 0 Å². The maximum absolute atomic E-state index is 11.2. The summed E-state index contributed by atoms with van der Waals surface area (Å²) in [6, 6.07) is 3.06. The molecule has 0 aliphatic heterocycles. The number of hydrogen-bond donors (Lipinski definition) is 0. The second-order valence-electron chi connectivity index (χ2n) is 3.98. The molecule has 1 aromatic heterocycles. The molecule has 0 atom stereocenters. The first-order chi connectivity index (χ1) is 10.1. The number of benzene rings is 1. The van der Waals surface area contributed by atoms with Crippen LogP contribution in [0.4, 0.5) is 11.4 Å². The van der Waals surface area contributed by atoms with Crippen LogP contribution in [0.1, 0.15) is 5.56 Å². The number of hydrogen-bond acceptors (Lipinski definition) is 3. The summed E-state index contributed by atoms with van der Waals surface area (Å²) in [5.74, 6) is 0. The van der Waals surface area contributed by atoms with Crippen molar-refractivity contribution in [2.24, 2.45) is 12.0 Å². The van der Waals surface area contributed by atoms with Crippen molar-refractivity contribution in [3.8, 4) is 5.69 Å². The van der Waals surface area contributed by atoms with Gasteiger partial charge >= 0.3 is 5.69 Å². The van der Waals surface area contributed by atoms with Gasteiger partial charge in [-0.2, -0.15) is 4.57 Å². The van der Waals surface area contributed by atoms with Gasteiger partial charge in [0, 0.05) is 18.0 Å². The molecular weight excluding hydrogens is 292 g/mol. The van der Waals surface area contributed by atoms with Crippen molar-refractivity contribution in [1.29, 1.82) is 0 Å². The van der Waals surface area contributed by atoms with E-state index >= 15 is 0 Å². The Morgan fingerprint density at radius 2 is 2.14 bits per heavy atom. The summed E-state index contributed by atoms with van der Waals surface area (Å²) in [4.78, 5) is 14.6. The number of halogens is 1. The number of nitro benzene ring substituents is 1. The number of imidazole rings is 1. The fourth-order valence-corrected chi connectivity index (χ4v) is 1.90. The fraction of sp³-hybridized carbons (Fsp3) is 0.143. The molecule has 0 fully saturated rings. The largest absolute Gasteiger partial charge is 0.318 e. The van der Waals surface area contributed by atoms with Crippen molar-refractivity contribution in [3.05, 3.63) is 53.1 Å². The van der Waals surface area contributed by atoms with Crippen LogP contribution < -0.4 is 4.57 Å². The smallest absolute Gasteiger partial charge is 0.259 e. The molecule has 6 nitrogen and oxygen atoms in total. The molecule has 0 aliphatic carbocycles. The molecular formula is C14H16ClN4O2+. The van der Waals surface area contributed by atoms with Crippen molar-refractivity contribution in [3.63, 3.8) is 0 Å². The van der Waals surface area contributed by atoms with Crippen LogP contribution in [0.5, 0.6) is 0 Å². The Bertz CT molecular complexity index is 680. The molecule has 1 heterocycles. The Hall–Kier alpha value is -2.47. The van der Waals surface area contributed by atoms with Gasteiger partial charge in [-0.3, -0.25) is 15.1 Å². The first kappa shape index (κ1) is 16.6. The predicted molar refractivity (Wildman–Crippen MR) is 84.7 cm³/mol. The second kappa shape index (κ2) is 7.35. The lowest BCUT2D eigenvalue weighted by atomic mass is 10.1. The van der Waals surface area contributed by atoms with Gasteiger partial charge in [0.2, 0.25) is 12.0 Å². The van der Waals surface area contributed by atoms with Crippen LogP contribution in [-0.2, 0) is 7.05 Å². The van der Waals surface area contributed by atoms with E-state index in [0.29, 0.717) is 16.9 Å². The normalized spacial score (nSPS) is 9.48. The zero-order valence-corrected chi connectivity index (χ0v) is 12.6. The van der Waals surface area contributed by atoms with E-state index in [4.69, 9.17) is 0 Å². The molecule has 2 aromatic rings. The Morgan fingerprint density at radius 3 is 2.57 bits per heavy atom. The van der Waals surface area contributed by atoms with Crippen LogP contribution in [0.3, 0.4) is 0 Å². The van der Waals surface area contributed by atoms with Gasteiger partial charge in [0.05, 0.1) is 12.0 Å². The summed E-state index contributed by atoms with van der Waals surface area (Å²) >= 11 is 4.64. The quantitative estimate of drug-likeness (QED) is 0.286. The minimum atomic E-state index is -0.434. The van der Waals surface area contributed by atoms with Gasteiger partial charge in [0.15, 0.2) is 0 Å². The molecule has 0 N–H and O–H groups in total. The summed E-state index contributed by atoms with van der Waals surface area (Å²) in [7, 11) is 1.83. The molecule has 0 radical (unpaired) electrons. The van der Waals surface area contributed by atoms with E-state index in [1.54, 1.807) is 40.0 Å².